The molecular weight excluding hydrogens is 379 g/mol. The number of hydrogen-bond donors (Lipinski definition) is 0. The predicted octanol–water partition coefficient (Wildman–Crippen LogP) is 8.27. The van der Waals surface area contributed by atoms with Crippen molar-refractivity contribution in [2.45, 2.75) is 50.9 Å². The molecule has 1 saturated carbocycles. The minimum Gasteiger partial charge on any atom is -0.206 e. The maximum absolute atomic E-state index is 15.1. The fraction of sp³-hybridized carbons (Fsp3) is 0.333. The van der Waals surface area contributed by atoms with Crippen LogP contribution >= 0.6 is 11.6 Å². The van der Waals surface area contributed by atoms with Crippen molar-refractivity contribution in [2.75, 3.05) is 0 Å². The first-order valence-corrected chi connectivity index (χ1v) is 11.1. The Morgan fingerprint density at radius 3 is 2.41 bits per heavy atom. The Bertz CT molecular complexity index is 981. The highest BCUT2D eigenvalue weighted by molar-refractivity contribution is 6.30. The lowest BCUT2D eigenvalue weighted by atomic mass is 9.77. The van der Waals surface area contributed by atoms with Gasteiger partial charge in [-0.1, -0.05) is 60.1 Å². The third kappa shape index (κ3) is 4.73. The summed E-state index contributed by atoms with van der Waals surface area (Å²) in [5.74, 6) is 1.33. The van der Waals surface area contributed by atoms with E-state index in [4.69, 9.17) is 11.6 Å². The van der Waals surface area contributed by atoms with Gasteiger partial charge in [-0.15, -0.1) is 6.58 Å². The van der Waals surface area contributed by atoms with Crippen molar-refractivity contribution in [2.24, 2.45) is 5.92 Å². The molecule has 3 aromatic rings. The molecule has 0 nitrogen and oxygen atoms in total. The number of hydrogen-bond acceptors (Lipinski definition) is 0. The van der Waals surface area contributed by atoms with Gasteiger partial charge in [-0.2, -0.15) is 0 Å². The molecule has 1 fully saturated rings. The summed E-state index contributed by atoms with van der Waals surface area (Å²) >= 11 is 5.95. The average molecular weight is 407 g/mol. The van der Waals surface area contributed by atoms with Crippen LogP contribution in [0, 0.1) is 11.7 Å². The van der Waals surface area contributed by atoms with E-state index >= 15 is 4.39 Å². The van der Waals surface area contributed by atoms with Crippen LogP contribution in [0.25, 0.3) is 10.8 Å². The van der Waals surface area contributed by atoms with Gasteiger partial charge < -0.3 is 0 Å². The second-order valence-electron chi connectivity index (χ2n) is 8.39. The van der Waals surface area contributed by atoms with E-state index in [1.807, 2.05) is 42.5 Å². The maximum atomic E-state index is 15.1. The van der Waals surface area contributed by atoms with Gasteiger partial charge in [0.2, 0.25) is 0 Å². The summed E-state index contributed by atoms with van der Waals surface area (Å²) in [6.45, 7) is 3.87. The molecule has 1 aliphatic carbocycles. The Balaban J connectivity index is 1.48. The molecule has 0 radical (unpaired) electrons. The van der Waals surface area contributed by atoms with E-state index in [0.29, 0.717) is 12.3 Å². The number of fused-ring (bicyclic) bond motifs is 1. The van der Waals surface area contributed by atoms with E-state index in [1.165, 1.54) is 36.8 Å². The van der Waals surface area contributed by atoms with Crippen LogP contribution in [0.15, 0.2) is 67.3 Å². The molecule has 1 aliphatic rings. The van der Waals surface area contributed by atoms with Crippen LogP contribution in [0.4, 0.5) is 4.39 Å². The van der Waals surface area contributed by atoms with Gasteiger partial charge >= 0.3 is 0 Å². The topological polar surface area (TPSA) is 0 Å². The van der Waals surface area contributed by atoms with Gasteiger partial charge in [-0.3, -0.25) is 0 Å². The fourth-order valence-electron chi connectivity index (χ4n) is 4.70. The number of halogens is 2. The van der Waals surface area contributed by atoms with E-state index in [2.05, 4.69) is 24.8 Å². The molecule has 0 amide bonds. The van der Waals surface area contributed by atoms with Crippen molar-refractivity contribution >= 4 is 22.4 Å². The summed E-state index contributed by atoms with van der Waals surface area (Å²) in [6, 6.07) is 18.2. The summed E-state index contributed by atoms with van der Waals surface area (Å²) in [5, 5.41) is 2.49. The molecule has 150 valence electrons. The Morgan fingerprint density at radius 2 is 1.69 bits per heavy atom. The molecule has 0 bridgehead atoms. The average Bonchev–Trinajstić information content (AvgIpc) is 2.75. The minimum absolute atomic E-state index is 0.0716. The zero-order chi connectivity index (χ0) is 20.2. The van der Waals surface area contributed by atoms with Gasteiger partial charge in [0.25, 0.3) is 0 Å². The first-order valence-electron chi connectivity index (χ1n) is 10.7. The molecule has 2 heteroatoms. The maximum Gasteiger partial charge on any atom is 0.134 e. The van der Waals surface area contributed by atoms with Crippen LogP contribution in [0.3, 0.4) is 0 Å². The molecule has 3 aromatic carbocycles. The third-order valence-corrected chi connectivity index (χ3v) is 6.72. The quantitative estimate of drug-likeness (QED) is 0.361. The molecule has 0 saturated heterocycles. The van der Waals surface area contributed by atoms with Crippen molar-refractivity contribution in [3.63, 3.8) is 0 Å². The molecule has 0 N–H and O–H groups in total. The largest absolute Gasteiger partial charge is 0.206 e. The first kappa shape index (κ1) is 20.2. The molecule has 0 aliphatic heterocycles. The van der Waals surface area contributed by atoms with Crippen molar-refractivity contribution < 1.29 is 4.39 Å². The molecule has 0 spiro atoms. The summed E-state index contributed by atoms with van der Waals surface area (Å²) in [5.41, 5.74) is 3.32. The molecule has 0 aromatic heterocycles. The highest BCUT2D eigenvalue weighted by Crippen LogP contribution is 2.38. The zero-order valence-electron chi connectivity index (χ0n) is 16.8. The Kier molecular flexibility index (Phi) is 6.35. The van der Waals surface area contributed by atoms with Crippen LogP contribution in [0.2, 0.25) is 5.02 Å². The van der Waals surface area contributed by atoms with Crippen LogP contribution < -0.4 is 0 Å². The van der Waals surface area contributed by atoms with E-state index in [0.717, 1.165) is 40.1 Å². The highest BCUT2D eigenvalue weighted by atomic mass is 35.5. The van der Waals surface area contributed by atoms with E-state index in [9.17, 15) is 0 Å². The highest BCUT2D eigenvalue weighted by Gasteiger charge is 2.22. The number of rotatable bonds is 6. The van der Waals surface area contributed by atoms with Crippen LogP contribution in [-0.2, 0) is 12.8 Å². The number of aryl methyl sites for hydroxylation is 2. The lowest BCUT2D eigenvalue weighted by Crippen LogP contribution is -2.12. The van der Waals surface area contributed by atoms with Gasteiger partial charge in [0.15, 0.2) is 0 Å². The first-order chi connectivity index (χ1) is 14.1. The Morgan fingerprint density at radius 1 is 0.931 bits per heavy atom. The van der Waals surface area contributed by atoms with Crippen molar-refractivity contribution in [1.29, 1.82) is 0 Å². The number of benzene rings is 3. The van der Waals surface area contributed by atoms with Crippen LogP contribution in [0.5, 0.6) is 0 Å². The summed E-state index contributed by atoms with van der Waals surface area (Å²) in [6.07, 6.45) is 9.68. The predicted molar refractivity (Wildman–Crippen MR) is 122 cm³/mol. The van der Waals surface area contributed by atoms with Gasteiger partial charge in [0.1, 0.15) is 5.82 Å². The standard InChI is InChI=1S/C27H28ClF/c1-2-3-19-4-9-21(10-5-19)23-14-17-26-24(18-23)13-12-22(27(26)29)11-6-20-7-15-25(28)16-8-20/h2,7-8,12-19,21H,1,3-6,9-11H2. The smallest absolute Gasteiger partial charge is 0.134 e. The van der Waals surface area contributed by atoms with E-state index < -0.39 is 0 Å². The third-order valence-electron chi connectivity index (χ3n) is 6.47. The SMILES string of the molecule is C=CCC1CCC(c2ccc3c(F)c(CCc4ccc(Cl)cc4)ccc3c2)CC1. The summed E-state index contributed by atoms with van der Waals surface area (Å²) in [7, 11) is 0. The molecule has 4 rings (SSSR count). The Labute approximate surface area is 178 Å². The molecule has 0 unspecified atom stereocenters. The van der Waals surface area contributed by atoms with Crippen LogP contribution in [-0.4, -0.2) is 0 Å². The summed E-state index contributed by atoms with van der Waals surface area (Å²) in [4.78, 5) is 0. The second kappa shape index (κ2) is 9.13. The van der Waals surface area contributed by atoms with Crippen LogP contribution in [0.1, 0.15) is 54.7 Å². The monoisotopic (exact) mass is 406 g/mol. The number of allylic oxidation sites excluding steroid dienone is 1. The fourth-order valence-corrected chi connectivity index (χ4v) is 4.83. The van der Waals surface area contributed by atoms with Gasteiger partial charge in [-0.05, 0) is 91.0 Å². The Hall–Kier alpha value is -2.12. The molecule has 0 atom stereocenters. The zero-order valence-corrected chi connectivity index (χ0v) is 17.6. The van der Waals surface area contributed by atoms with Crippen molar-refractivity contribution in [3.8, 4) is 0 Å². The second-order valence-corrected chi connectivity index (χ2v) is 8.82. The lowest BCUT2D eigenvalue weighted by molar-refractivity contribution is 0.328. The van der Waals surface area contributed by atoms with Gasteiger partial charge in [0.05, 0.1) is 0 Å². The van der Waals surface area contributed by atoms with E-state index in [1.54, 1.807) is 0 Å². The van der Waals surface area contributed by atoms with Gasteiger partial charge in [-0.25, -0.2) is 4.39 Å². The molecular formula is C27H28ClF. The summed E-state index contributed by atoms with van der Waals surface area (Å²) < 4.78 is 15.1. The van der Waals surface area contributed by atoms with Crippen molar-refractivity contribution in [3.05, 3.63) is 94.8 Å². The minimum atomic E-state index is -0.0716. The van der Waals surface area contributed by atoms with E-state index in [-0.39, 0.29) is 5.82 Å². The normalized spacial score (nSPS) is 19.4. The van der Waals surface area contributed by atoms with Gasteiger partial charge in [0, 0.05) is 10.4 Å². The molecule has 0 heterocycles. The van der Waals surface area contributed by atoms with Crippen molar-refractivity contribution in [1.82, 2.24) is 0 Å². The lowest BCUT2D eigenvalue weighted by Gasteiger charge is -2.28. The molecule has 29 heavy (non-hydrogen) atoms.